The highest BCUT2D eigenvalue weighted by Crippen LogP contribution is 2.34. The van der Waals surface area contributed by atoms with Crippen LogP contribution in [-0.4, -0.2) is 44.1 Å². The van der Waals surface area contributed by atoms with Crippen LogP contribution < -0.4 is 5.32 Å². The monoisotopic (exact) mass is 327 g/mol. The van der Waals surface area contributed by atoms with Crippen molar-refractivity contribution in [1.82, 2.24) is 25.0 Å². The fraction of sp³-hybridized carbons (Fsp3) is 0.412. The van der Waals surface area contributed by atoms with Crippen LogP contribution in [0.2, 0.25) is 0 Å². The van der Waals surface area contributed by atoms with Crippen LogP contribution in [0.25, 0.3) is 5.69 Å². The van der Waals surface area contributed by atoms with E-state index in [1.807, 2.05) is 38.1 Å². The van der Waals surface area contributed by atoms with Gasteiger partial charge in [-0.25, -0.2) is 9.67 Å². The number of carbonyl (C=O) groups excluding carboxylic acids is 2. The zero-order valence-corrected chi connectivity index (χ0v) is 14.1. The topological polar surface area (TPSA) is 80.1 Å². The summed E-state index contributed by atoms with van der Waals surface area (Å²) in [4.78, 5) is 30.1. The Bertz CT molecular complexity index is 754. The lowest BCUT2D eigenvalue weighted by Crippen LogP contribution is -2.46. The summed E-state index contributed by atoms with van der Waals surface area (Å²) < 4.78 is 1.66. The quantitative estimate of drug-likeness (QED) is 0.913. The van der Waals surface area contributed by atoms with E-state index in [0.717, 1.165) is 11.3 Å². The van der Waals surface area contributed by atoms with Gasteiger partial charge in [-0.05, 0) is 25.5 Å². The molecule has 7 nitrogen and oxygen atoms in total. The van der Waals surface area contributed by atoms with E-state index >= 15 is 0 Å². The normalized spacial score (nSPS) is 19.5. The molecular weight excluding hydrogens is 306 g/mol. The molecule has 1 N–H and O–H groups in total. The molecule has 3 rings (SSSR count). The third-order valence-electron chi connectivity index (χ3n) is 4.90. The first-order valence-electron chi connectivity index (χ1n) is 7.88. The van der Waals surface area contributed by atoms with Gasteiger partial charge in [0.15, 0.2) is 0 Å². The van der Waals surface area contributed by atoms with Crippen molar-refractivity contribution in [2.45, 2.75) is 32.4 Å². The number of hydrogen-bond acceptors (Lipinski definition) is 4. The first kappa shape index (κ1) is 16.2. The molecule has 0 bridgehead atoms. The maximum atomic E-state index is 12.6. The summed E-state index contributed by atoms with van der Waals surface area (Å²) in [6.45, 7) is 4.22. The fourth-order valence-electron chi connectivity index (χ4n) is 3.05. The van der Waals surface area contributed by atoms with Crippen LogP contribution in [0.4, 0.5) is 0 Å². The number of likely N-dealkylation sites (tertiary alicyclic amines) is 1. The Morgan fingerprint density at radius 1 is 1.38 bits per heavy atom. The van der Waals surface area contributed by atoms with Crippen molar-refractivity contribution in [3.63, 3.8) is 0 Å². The van der Waals surface area contributed by atoms with Crippen molar-refractivity contribution in [2.24, 2.45) is 5.92 Å². The highest BCUT2D eigenvalue weighted by Gasteiger charge is 2.47. The predicted octanol–water partition coefficient (Wildman–Crippen LogP) is 1.14. The van der Waals surface area contributed by atoms with Crippen LogP contribution in [0.3, 0.4) is 0 Å². The number of carbonyl (C=O) groups is 2. The van der Waals surface area contributed by atoms with E-state index in [0.29, 0.717) is 6.54 Å². The molecule has 2 aromatic rings. The SMILES string of the molecule is CN1C(=O)C[C@@H](C(=O)NCc2ccccc2-n2cncn2)C1(C)C. The van der Waals surface area contributed by atoms with Crippen LogP contribution in [0.15, 0.2) is 36.9 Å². The fourth-order valence-corrected chi connectivity index (χ4v) is 3.05. The summed E-state index contributed by atoms with van der Waals surface area (Å²) in [6.07, 6.45) is 3.34. The molecule has 0 saturated carbocycles. The van der Waals surface area contributed by atoms with Crippen molar-refractivity contribution in [3.05, 3.63) is 42.5 Å². The Morgan fingerprint density at radius 2 is 2.12 bits per heavy atom. The van der Waals surface area contributed by atoms with Crippen molar-refractivity contribution >= 4 is 11.8 Å². The highest BCUT2D eigenvalue weighted by molar-refractivity contribution is 5.90. The second-order valence-corrected chi connectivity index (χ2v) is 6.55. The molecule has 2 heterocycles. The molecular formula is C17H21N5O2. The largest absolute Gasteiger partial charge is 0.352 e. The Morgan fingerprint density at radius 3 is 2.75 bits per heavy atom. The molecule has 7 heteroatoms. The van der Waals surface area contributed by atoms with Gasteiger partial charge in [-0.3, -0.25) is 9.59 Å². The van der Waals surface area contributed by atoms with E-state index in [2.05, 4.69) is 15.4 Å². The minimum atomic E-state index is -0.480. The molecule has 0 aliphatic carbocycles. The summed E-state index contributed by atoms with van der Waals surface area (Å²) >= 11 is 0. The average molecular weight is 327 g/mol. The van der Waals surface area contributed by atoms with Crippen molar-refractivity contribution in [1.29, 1.82) is 0 Å². The molecule has 1 aliphatic heterocycles. The summed E-state index contributed by atoms with van der Waals surface area (Å²) in [7, 11) is 1.75. The van der Waals surface area contributed by atoms with E-state index in [4.69, 9.17) is 0 Å². The number of amides is 2. The van der Waals surface area contributed by atoms with Gasteiger partial charge in [-0.15, -0.1) is 0 Å². The van der Waals surface area contributed by atoms with Crippen LogP contribution >= 0.6 is 0 Å². The van der Waals surface area contributed by atoms with Gasteiger partial charge in [0.2, 0.25) is 11.8 Å². The van der Waals surface area contributed by atoms with Crippen LogP contribution in [-0.2, 0) is 16.1 Å². The third-order valence-corrected chi connectivity index (χ3v) is 4.90. The van der Waals surface area contributed by atoms with Gasteiger partial charge in [0, 0.05) is 25.6 Å². The zero-order chi connectivity index (χ0) is 17.3. The van der Waals surface area contributed by atoms with Gasteiger partial charge in [-0.1, -0.05) is 18.2 Å². The Balaban J connectivity index is 1.73. The average Bonchev–Trinajstić information content (AvgIpc) is 3.16. The molecule has 1 aliphatic rings. The van der Waals surface area contributed by atoms with Gasteiger partial charge >= 0.3 is 0 Å². The first-order chi connectivity index (χ1) is 11.4. The molecule has 1 aromatic heterocycles. The molecule has 0 spiro atoms. The number of nitrogens with zero attached hydrogens (tertiary/aromatic N) is 4. The van der Waals surface area contributed by atoms with Crippen molar-refractivity contribution in [2.75, 3.05) is 7.05 Å². The minimum Gasteiger partial charge on any atom is -0.352 e. The van der Waals surface area contributed by atoms with Crippen LogP contribution in [0, 0.1) is 5.92 Å². The number of aromatic nitrogens is 3. The summed E-state index contributed by atoms with van der Waals surface area (Å²) in [5.41, 5.74) is 1.33. The summed E-state index contributed by atoms with van der Waals surface area (Å²) in [6, 6.07) is 7.69. The summed E-state index contributed by atoms with van der Waals surface area (Å²) in [5, 5.41) is 7.10. The Hall–Kier alpha value is -2.70. The van der Waals surface area contributed by atoms with Crippen molar-refractivity contribution < 1.29 is 9.59 Å². The smallest absolute Gasteiger partial charge is 0.226 e. The molecule has 2 amide bonds. The second-order valence-electron chi connectivity index (χ2n) is 6.55. The maximum Gasteiger partial charge on any atom is 0.226 e. The number of para-hydroxylation sites is 1. The van der Waals surface area contributed by atoms with E-state index in [-0.39, 0.29) is 24.2 Å². The lowest BCUT2D eigenvalue weighted by Gasteiger charge is -2.32. The number of nitrogens with one attached hydrogen (secondary N) is 1. The van der Waals surface area contributed by atoms with Gasteiger partial charge in [0.05, 0.1) is 11.6 Å². The van der Waals surface area contributed by atoms with Gasteiger partial charge < -0.3 is 10.2 Å². The number of hydrogen-bond donors (Lipinski definition) is 1. The molecule has 24 heavy (non-hydrogen) atoms. The van der Waals surface area contributed by atoms with Crippen LogP contribution in [0.5, 0.6) is 0 Å². The van der Waals surface area contributed by atoms with Gasteiger partial charge in [0.1, 0.15) is 12.7 Å². The predicted molar refractivity (Wildman–Crippen MR) is 88.2 cm³/mol. The molecule has 1 aromatic carbocycles. The third kappa shape index (κ3) is 2.77. The van der Waals surface area contributed by atoms with Gasteiger partial charge in [0.25, 0.3) is 0 Å². The standard InChI is InChI=1S/C17H21N5O2/c1-17(2)13(8-15(23)21(17)3)16(24)19-9-12-6-4-5-7-14(12)22-11-18-10-20-22/h4-7,10-11,13H,8-9H2,1-3H3,(H,19,24)/t13-/m0/s1. The van der Waals surface area contributed by atoms with E-state index < -0.39 is 5.54 Å². The van der Waals surface area contributed by atoms with Crippen LogP contribution in [0.1, 0.15) is 25.8 Å². The molecule has 0 radical (unpaired) electrons. The molecule has 1 atom stereocenters. The maximum absolute atomic E-state index is 12.6. The second kappa shape index (κ2) is 6.07. The first-order valence-corrected chi connectivity index (χ1v) is 7.88. The number of benzene rings is 1. The number of rotatable bonds is 4. The Kier molecular flexibility index (Phi) is 4.09. The molecule has 1 saturated heterocycles. The lowest BCUT2D eigenvalue weighted by atomic mass is 9.88. The van der Waals surface area contributed by atoms with E-state index in [9.17, 15) is 9.59 Å². The summed E-state index contributed by atoms with van der Waals surface area (Å²) in [5.74, 6) is -0.456. The lowest BCUT2D eigenvalue weighted by molar-refractivity contribution is -0.128. The zero-order valence-electron chi connectivity index (χ0n) is 14.1. The van der Waals surface area contributed by atoms with E-state index in [1.54, 1.807) is 23.0 Å². The molecule has 1 fully saturated rings. The highest BCUT2D eigenvalue weighted by atomic mass is 16.2. The Labute approximate surface area is 140 Å². The van der Waals surface area contributed by atoms with E-state index in [1.165, 1.54) is 6.33 Å². The molecule has 0 unspecified atom stereocenters. The van der Waals surface area contributed by atoms with Gasteiger partial charge in [-0.2, -0.15) is 5.10 Å². The molecule has 126 valence electrons. The van der Waals surface area contributed by atoms with Crippen molar-refractivity contribution in [3.8, 4) is 5.69 Å². The minimum absolute atomic E-state index is 0.00293.